The molecule has 0 radical (unpaired) electrons. The van der Waals surface area contributed by atoms with Crippen molar-refractivity contribution < 1.29 is 18.7 Å². The van der Waals surface area contributed by atoms with Crippen LogP contribution in [0, 0.1) is 11.6 Å². The summed E-state index contributed by atoms with van der Waals surface area (Å²) in [5, 5.41) is 8.65. The molecule has 1 aromatic rings. The molecule has 1 rings (SSSR count). The van der Waals surface area contributed by atoms with Gasteiger partial charge in [-0.25, -0.2) is 8.78 Å². The van der Waals surface area contributed by atoms with Gasteiger partial charge in [0.15, 0.2) is 11.6 Å². The van der Waals surface area contributed by atoms with E-state index in [1.807, 2.05) is 0 Å². The van der Waals surface area contributed by atoms with Crippen LogP contribution in [0.15, 0.2) is 23.1 Å². The van der Waals surface area contributed by atoms with E-state index < -0.39 is 11.6 Å². The average molecular weight is 303 g/mol. The molecule has 0 aliphatic heterocycles. The van der Waals surface area contributed by atoms with Gasteiger partial charge in [-0.15, -0.1) is 11.8 Å². The molecule has 0 aromatic heterocycles. The fraction of sp³-hybridized carbons (Fsp3) is 0.500. The molecule has 0 aliphatic carbocycles. The normalized spacial score (nSPS) is 10.6. The number of unbranched alkanes of at least 4 members (excludes halogenated alkanes) is 2. The van der Waals surface area contributed by atoms with Crippen LogP contribution in [-0.4, -0.2) is 41.9 Å². The van der Waals surface area contributed by atoms with E-state index in [4.69, 9.17) is 5.11 Å². The van der Waals surface area contributed by atoms with Gasteiger partial charge in [0.05, 0.1) is 5.75 Å². The topological polar surface area (TPSA) is 40.5 Å². The van der Waals surface area contributed by atoms with Gasteiger partial charge >= 0.3 is 0 Å². The molecule has 0 heterocycles. The molecule has 1 amide bonds. The summed E-state index contributed by atoms with van der Waals surface area (Å²) in [7, 11) is 1.72. The van der Waals surface area contributed by atoms with Crippen molar-refractivity contribution in [3.8, 4) is 0 Å². The fourth-order valence-electron chi connectivity index (χ4n) is 1.58. The first-order valence-electron chi connectivity index (χ1n) is 6.47. The number of nitrogens with zero attached hydrogens (tertiary/aromatic N) is 1. The fourth-order valence-corrected chi connectivity index (χ4v) is 2.45. The van der Waals surface area contributed by atoms with Crippen LogP contribution in [0.1, 0.15) is 19.3 Å². The molecule has 6 heteroatoms. The lowest BCUT2D eigenvalue weighted by Gasteiger charge is -2.16. The Hall–Kier alpha value is -1.14. The van der Waals surface area contributed by atoms with E-state index in [0.29, 0.717) is 11.4 Å². The number of thioether (sulfide) groups is 1. The Labute approximate surface area is 122 Å². The van der Waals surface area contributed by atoms with Gasteiger partial charge in [0.1, 0.15) is 0 Å². The number of carbonyl (C=O) groups excluding carboxylic acids is 1. The highest BCUT2D eigenvalue weighted by Crippen LogP contribution is 2.20. The third-order valence-corrected chi connectivity index (χ3v) is 3.81. The van der Waals surface area contributed by atoms with E-state index >= 15 is 0 Å². The van der Waals surface area contributed by atoms with Crippen LogP contribution < -0.4 is 0 Å². The molecular weight excluding hydrogens is 284 g/mol. The zero-order valence-electron chi connectivity index (χ0n) is 11.4. The van der Waals surface area contributed by atoms with Crippen LogP contribution in [0.3, 0.4) is 0 Å². The average Bonchev–Trinajstić information content (AvgIpc) is 2.44. The van der Waals surface area contributed by atoms with E-state index in [1.54, 1.807) is 11.9 Å². The van der Waals surface area contributed by atoms with E-state index in [0.717, 1.165) is 31.4 Å². The van der Waals surface area contributed by atoms with Crippen LogP contribution in [0.25, 0.3) is 0 Å². The van der Waals surface area contributed by atoms with Crippen molar-refractivity contribution in [3.63, 3.8) is 0 Å². The molecule has 3 nitrogen and oxygen atoms in total. The first-order chi connectivity index (χ1) is 9.54. The molecule has 0 bridgehead atoms. The van der Waals surface area contributed by atoms with E-state index in [9.17, 15) is 13.6 Å². The Bertz CT molecular complexity index is 443. The Morgan fingerprint density at radius 2 is 2.00 bits per heavy atom. The lowest BCUT2D eigenvalue weighted by Crippen LogP contribution is -2.29. The Morgan fingerprint density at radius 3 is 2.65 bits per heavy atom. The molecule has 20 heavy (non-hydrogen) atoms. The van der Waals surface area contributed by atoms with E-state index in [-0.39, 0.29) is 18.3 Å². The monoisotopic (exact) mass is 303 g/mol. The zero-order valence-corrected chi connectivity index (χ0v) is 12.3. The van der Waals surface area contributed by atoms with Crippen molar-refractivity contribution in [1.82, 2.24) is 4.90 Å². The minimum Gasteiger partial charge on any atom is -0.396 e. The third-order valence-electron chi connectivity index (χ3n) is 2.83. The summed E-state index contributed by atoms with van der Waals surface area (Å²) in [4.78, 5) is 14.0. The quantitative estimate of drug-likeness (QED) is 0.593. The number of halogens is 2. The highest BCUT2D eigenvalue weighted by Gasteiger charge is 2.10. The van der Waals surface area contributed by atoms with Crippen molar-refractivity contribution in [1.29, 1.82) is 0 Å². The van der Waals surface area contributed by atoms with Gasteiger partial charge in [-0.3, -0.25) is 4.79 Å². The molecular formula is C14H19F2NO2S. The highest BCUT2D eigenvalue weighted by molar-refractivity contribution is 8.00. The van der Waals surface area contributed by atoms with Gasteiger partial charge in [0.25, 0.3) is 0 Å². The van der Waals surface area contributed by atoms with Gasteiger partial charge in [0, 0.05) is 25.1 Å². The standard InChI is InChI=1S/C14H19F2NO2S/c1-17(7-3-2-4-8-18)14(19)10-20-11-5-6-12(15)13(16)9-11/h5-6,9,18H,2-4,7-8,10H2,1H3. The predicted molar refractivity (Wildman–Crippen MR) is 75.7 cm³/mol. The number of hydrogen-bond donors (Lipinski definition) is 1. The summed E-state index contributed by atoms with van der Waals surface area (Å²) in [5.41, 5.74) is 0. The lowest BCUT2D eigenvalue weighted by atomic mass is 10.2. The molecule has 1 N–H and O–H groups in total. The van der Waals surface area contributed by atoms with Crippen LogP contribution in [-0.2, 0) is 4.79 Å². The summed E-state index contributed by atoms with van der Waals surface area (Å²) in [6, 6.07) is 3.60. The highest BCUT2D eigenvalue weighted by atomic mass is 32.2. The van der Waals surface area contributed by atoms with Crippen LogP contribution in [0.4, 0.5) is 8.78 Å². The molecule has 112 valence electrons. The number of rotatable bonds is 8. The summed E-state index contributed by atoms with van der Waals surface area (Å²) >= 11 is 1.19. The number of aliphatic hydroxyl groups excluding tert-OH is 1. The van der Waals surface area contributed by atoms with Gasteiger partial charge in [-0.05, 0) is 37.5 Å². The first kappa shape index (κ1) is 16.9. The minimum atomic E-state index is -0.903. The van der Waals surface area contributed by atoms with Gasteiger partial charge in [-0.1, -0.05) is 0 Å². The molecule has 0 spiro atoms. The molecule has 0 saturated carbocycles. The molecule has 0 fully saturated rings. The smallest absolute Gasteiger partial charge is 0.232 e. The number of amides is 1. The lowest BCUT2D eigenvalue weighted by molar-refractivity contribution is -0.127. The van der Waals surface area contributed by atoms with E-state index in [2.05, 4.69) is 0 Å². The summed E-state index contributed by atoms with van der Waals surface area (Å²) < 4.78 is 25.7. The second-order valence-corrected chi connectivity index (χ2v) is 5.51. The number of carbonyl (C=O) groups is 1. The Balaban J connectivity index is 2.32. The number of hydrogen-bond acceptors (Lipinski definition) is 3. The molecule has 1 aromatic carbocycles. The second-order valence-electron chi connectivity index (χ2n) is 4.46. The second kappa shape index (κ2) is 8.92. The number of benzene rings is 1. The van der Waals surface area contributed by atoms with Gasteiger partial charge in [-0.2, -0.15) is 0 Å². The summed E-state index contributed by atoms with van der Waals surface area (Å²) in [6.07, 6.45) is 2.47. The van der Waals surface area contributed by atoms with Crippen LogP contribution in [0.2, 0.25) is 0 Å². The molecule has 0 aliphatic rings. The van der Waals surface area contributed by atoms with Crippen molar-refractivity contribution in [2.75, 3.05) is 26.0 Å². The van der Waals surface area contributed by atoms with Gasteiger partial charge in [0.2, 0.25) is 5.91 Å². The minimum absolute atomic E-state index is 0.0521. The SMILES string of the molecule is CN(CCCCCO)C(=O)CSc1ccc(F)c(F)c1. The maximum atomic E-state index is 13.0. The Kier molecular flexibility index (Phi) is 7.54. The first-order valence-corrected chi connectivity index (χ1v) is 7.46. The van der Waals surface area contributed by atoms with Crippen LogP contribution >= 0.6 is 11.8 Å². The van der Waals surface area contributed by atoms with Crippen molar-refractivity contribution in [3.05, 3.63) is 29.8 Å². The molecule has 0 unspecified atom stereocenters. The zero-order chi connectivity index (χ0) is 15.0. The van der Waals surface area contributed by atoms with Crippen molar-refractivity contribution in [2.24, 2.45) is 0 Å². The van der Waals surface area contributed by atoms with Crippen molar-refractivity contribution >= 4 is 17.7 Å². The summed E-state index contributed by atoms with van der Waals surface area (Å²) in [6.45, 7) is 0.806. The number of aliphatic hydroxyl groups is 1. The largest absolute Gasteiger partial charge is 0.396 e. The maximum Gasteiger partial charge on any atom is 0.232 e. The van der Waals surface area contributed by atoms with E-state index in [1.165, 1.54) is 17.8 Å². The maximum absolute atomic E-state index is 13.0. The third kappa shape index (κ3) is 5.88. The molecule has 0 atom stereocenters. The van der Waals surface area contributed by atoms with Gasteiger partial charge < -0.3 is 10.0 Å². The molecule has 0 saturated heterocycles. The predicted octanol–water partition coefficient (Wildman–Crippen LogP) is 2.68. The van der Waals surface area contributed by atoms with Crippen molar-refractivity contribution in [2.45, 2.75) is 24.2 Å². The van der Waals surface area contributed by atoms with Crippen LogP contribution in [0.5, 0.6) is 0 Å². The summed E-state index contributed by atoms with van der Waals surface area (Å²) in [5.74, 6) is -1.65. The Morgan fingerprint density at radius 1 is 1.25 bits per heavy atom.